The number of benzene rings is 3. The minimum Gasteiger partial charge on any atom is -0.378 e. The third kappa shape index (κ3) is 7.73. The van der Waals surface area contributed by atoms with E-state index in [9.17, 15) is 0 Å². The van der Waals surface area contributed by atoms with Crippen LogP contribution in [0, 0.1) is 10.2 Å². The number of hydrogen-bond donors (Lipinski definition) is 1. The maximum Gasteiger partial charge on any atom is 0.175 e. The lowest BCUT2D eigenvalue weighted by molar-refractivity contribution is -1.92. The molecule has 0 atom stereocenters. The molecule has 174 valence electrons. The summed E-state index contributed by atoms with van der Waals surface area (Å²) in [6.45, 7) is 0. The Hall–Kier alpha value is -3.66. The molecule has 0 amide bonds. The van der Waals surface area contributed by atoms with E-state index in [1.54, 1.807) is 0 Å². The van der Waals surface area contributed by atoms with Crippen molar-refractivity contribution in [2.45, 2.75) is 0 Å². The van der Waals surface area contributed by atoms with Crippen molar-refractivity contribution in [2.75, 3.05) is 19.0 Å². The van der Waals surface area contributed by atoms with Crippen molar-refractivity contribution >= 4 is 17.8 Å². The topological polar surface area (TPSA) is 131 Å². The first-order valence-corrected chi connectivity index (χ1v) is 11.4. The molecule has 0 saturated heterocycles. The number of nitrogens with zero attached hydrogens (tertiary/aromatic N) is 4. The zero-order chi connectivity index (χ0) is 24.6. The summed E-state index contributed by atoms with van der Waals surface area (Å²) in [4.78, 5) is 6.89. The quantitative estimate of drug-likeness (QED) is 0.454. The minimum absolute atomic E-state index is 0.584. The first-order valence-electron chi connectivity index (χ1n) is 10.1. The summed E-state index contributed by atoms with van der Waals surface area (Å²) in [7, 11) is -0.631. The standard InChI is InChI=1S/C25H22N4.ClHO4/c1-29(2)22-16-13-19(14-17-22)15-18-23-26-24(20-9-5-3-6-10-20)25(28-27-23)21-11-7-4-8-12-21;2-1(3,4)5/h3-18H,1-2H3;(H,2,3,4,5)/b18-15+;. The van der Waals surface area contributed by atoms with Crippen molar-refractivity contribution in [3.05, 3.63) is 96.3 Å². The fourth-order valence-corrected chi connectivity index (χ4v) is 3.05. The molecule has 0 radical (unpaired) electrons. The zero-order valence-corrected chi connectivity index (χ0v) is 19.3. The maximum absolute atomic E-state index is 8.60. The average Bonchev–Trinajstić information content (AvgIpc) is 2.83. The normalized spacial score (nSPS) is 11.1. The smallest absolute Gasteiger partial charge is 0.175 e. The van der Waals surface area contributed by atoms with Gasteiger partial charge in [0.25, 0.3) is 0 Å². The molecular formula is C25H23ClN4O4. The van der Waals surface area contributed by atoms with Gasteiger partial charge in [0.2, 0.25) is 0 Å². The van der Waals surface area contributed by atoms with Gasteiger partial charge in [-0.05, 0) is 23.8 Å². The van der Waals surface area contributed by atoms with E-state index in [1.807, 2.05) is 86.9 Å². The summed E-state index contributed by atoms with van der Waals surface area (Å²) in [6.07, 6.45) is 3.91. The van der Waals surface area contributed by atoms with Crippen LogP contribution >= 0.6 is 0 Å². The zero-order valence-electron chi connectivity index (χ0n) is 18.6. The van der Waals surface area contributed by atoms with Crippen molar-refractivity contribution in [3.63, 3.8) is 0 Å². The number of hydrogen-bond acceptors (Lipinski definition) is 8. The SMILES string of the molecule is CN(C)c1ccc(/C=C/c2nnc(-c3ccccc3)c(-c3ccccc3)n2)cc1.[O-][Cl+3]([O-])([O-])O. The summed E-state index contributed by atoms with van der Waals surface area (Å²) in [5.74, 6) is 0.584. The van der Waals surface area contributed by atoms with Crippen molar-refractivity contribution in [1.82, 2.24) is 15.2 Å². The summed E-state index contributed by atoms with van der Waals surface area (Å²) < 4.78 is 32.7. The van der Waals surface area contributed by atoms with Crippen LogP contribution in [0.5, 0.6) is 0 Å². The predicted octanol–water partition coefficient (Wildman–Crippen LogP) is 1.32. The van der Waals surface area contributed by atoms with E-state index in [2.05, 4.69) is 39.4 Å². The van der Waals surface area contributed by atoms with Gasteiger partial charge in [-0.2, -0.15) is 14.0 Å². The van der Waals surface area contributed by atoms with Gasteiger partial charge < -0.3 is 4.90 Å². The molecule has 4 aromatic rings. The van der Waals surface area contributed by atoms with Crippen LogP contribution in [-0.4, -0.2) is 33.9 Å². The Balaban J connectivity index is 0.000000588. The van der Waals surface area contributed by atoms with Crippen molar-refractivity contribution in [2.24, 2.45) is 0 Å². The van der Waals surface area contributed by atoms with Gasteiger partial charge in [0.15, 0.2) is 5.82 Å². The highest BCUT2D eigenvalue weighted by Gasteiger charge is 2.12. The second-order valence-electron chi connectivity index (χ2n) is 7.31. The Morgan fingerprint density at radius 3 is 1.71 bits per heavy atom. The lowest BCUT2D eigenvalue weighted by atomic mass is 10.0. The van der Waals surface area contributed by atoms with E-state index >= 15 is 0 Å². The molecular weight excluding hydrogens is 456 g/mol. The molecule has 0 aliphatic carbocycles. The van der Waals surface area contributed by atoms with Crippen molar-refractivity contribution < 1.29 is 28.9 Å². The molecule has 0 aliphatic heterocycles. The van der Waals surface area contributed by atoms with E-state index in [0.717, 1.165) is 28.1 Å². The Morgan fingerprint density at radius 1 is 0.706 bits per heavy atom. The second kappa shape index (κ2) is 11.5. The fraction of sp³-hybridized carbons (Fsp3) is 0.0800. The van der Waals surface area contributed by atoms with E-state index in [0.29, 0.717) is 5.82 Å². The minimum atomic E-state index is -4.69. The molecule has 0 unspecified atom stereocenters. The molecule has 1 N–H and O–H groups in total. The Labute approximate surface area is 199 Å². The van der Waals surface area contributed by atoms with E-state index < -0.39 is 10.2 Å². The molecule has 34 heavy (non-hydrogen) atoms. The highest BCUT2D eigenvalue weighted by atomic mass is 35.7. The Kier molecular flexibility index (Phi) is 8.42. The number of halogens is 1. The van der Waals surface area contributed by atoms with Crippen LogP contribution in [0.2, 0.25) is 0 Å². The fourth-order valence-electron chi connectivity index (χ4n) is 3.05. The van der Waals surface area contributed by atoms with E-state index in [1.165, 1.54) is 5.69 Å². The first-order chi connectivity index (χ1) is 16.2. The highest BCUT2D eigenvalue weighted by Crippen LogP contribution is 2.28. The molecule has 0 bridgehead atoms. The molecule has 8 nitrogen and oxygen atoms in total. The molecule has 0 fully saturated rings. The van der Waals surface area contributed by atoms with Gasteiger partial charge in [0, 0.05) is 30.9 Å². The first kappa shape index (κ1) is 25.0. The predicted molar refractivity (Wildman–Crippen MR) is 123 cm³/mol. The summed E-state index contributed by atoms with van der Waals surface area (Å²) in [5.41, 5.74) is 5.89. The molecule has 0 saturated carbocycles. The molecule has 4 rings (SSSR count). The van der Waals surface area contributed by atoms with Gasteiger partial charge in [-0.25, -0.2) is 4.98 Å². The molecule has 1 heterocycles. The van der Waals surface area contributed by atoms with Gasteiger partial charge in [-0.3, -0.25) is 0 Å². The molecule has 0 aliphatic rings. The molecule has 0 spiro atoms. The van der Waals surface area contributed by atoms with Crippen LogP contribution in [0.15, 0.2) is 84.9 Å². The van der Waals surface area contributed by atoms with Crippen molar-refractivity contribution in [3.8, 4) is 22.5 Å². The van der Waals surface area contributed by atoms with Gasteiger partial charge in [0.05, 0.1) is 14.9 Å². The van der Waals surface area contributed by atoms with Crippen LogP contribution in [0.3, 0.4) is 0 Å². The summed E-state index contributed by atoms with van der Waals surface area (Å²) >= 11 is 0. The number of aromatic nitrogens is 3. The monoisotopic (exact) mass is 478 g/mol. The summed E-state index contributed by atoms with van der Waals surface area (Å²) in [6, 6.07) is 28.5. The van der Waals surface area contributed by atoms with Gasteiger partial charge in [-0.15, -0.1) is 10.2 Å². The van der Waals surface area contributed by atoms with Crippen LogP contribution < -0.4 is 18.9 Å². The maximum atomic E-state index is 8.60. The van der Waals surface area contributed by atoms with Crippen LogP contribution in [0.1, 0.15) is 11.4 Å². The van der Waals surface area contributed by atoms with Gasteiger partial charge in [-0.1, -0.05) is 78.9 Å². The molecule has 3 aromatic carbocycles. The van der Waals surface area contributed by atoms with E-state index in [4.69, 9.17) is 23.6 Å². The number of anilines is 1. The highest BCUT2D eigenvalue weighted by molar-refractivity contribution is 5.78. The average molecular weight is 479 g/mol. The third-order valence-electron chi connectivity index (χ3n) is 4.63. The lowest BCUT2D eigenvalue weighted by Gasteiger charge is -2.11. The van der Waals surface area contributed by atoms with E-state index in [-0.39, 0.29) is 0 Å². The Bertz CT molecular complexity index is 1210. The van der Waals surface area contributed by atoms with Crippen LogP contribution in [0.25, 0.3) is 34.7 Å². The third-order valence-corrected chi connectivity index (χ3v) is 4.63. The second-order valence-corrected chi connectivity index (χ2v) is 8.11. The largest absolute Gasteiger partial charge is 0.378 e. The lowest BCUT2D eigenvalue weighted by Crippen LogP contribution is -2.58. The van der Waals surface area contributed by atoms with Gasteiger partial charge >= 0.3 is 0 Å². The Morgan fingerprint density at radius 2 is 1.21 bits per heavy atom. The van der Waals surface area contributed by atoms with Crippen molar-refractivity contribution in [1.29, 1.82) is 0 Å². The van der Waals surface area contributed by atoms with Gasteiger partial charge in [0.1, 0.15) is 11.4 Å². The summed E-state index contributed by atoms with van der Waals surface area (Å²) in [5, 5.41) is 8.85. The molecule has 1 aromatic heterocycles. The number of rotatable bonds is 5. The van der Waals surface area contributed by atoms with Crippen LogP contribution in [-0.2, 0) is 0 Å². The molecule has 9 heteroatoms. The van der Waals surface area contributed by atoms with Crippen LogP contribution in [0.4, 0.5) is 5.69 Å².